The third kappa shape index (κ3) is 21.8. The minimum atomic E-state index is -1.70. The van der Waals surface area contributed by atoms with Crippen LogP contribution in [-0.2, 0) is 33.2 Å². The number of unbranched alkanes of at least 4 members (excludes halogenated alkanes) is 16. The second-order valence-electron chi connectivity index (χ2n) is 15.9. The zero-order valence-electron chi connectivity index (χ0n) is 35.5. The fraction of sp³-hybridized carbons (Fsp3) is 0.886. The molecule has 0 bridgehead atoms. The molecule has 2 aliphatic heterocycles. The van der Waals surface area contributed by atoms with E-state index >= 15 is 0 Å². The van der Waals surface area contributed by atoms with Crippen LogP contribution in [0.25, 0.3) is 0 Å². The maximum atomic E-state index is 12.5. The molecule has 11 atom stereocenters. The molecule has 2 aliphatic rings. The zero-order chi connectivity index (χ0) is 42.4. The number of carbonyl (C=O) groups excluding carboxylic acids is 1. The standard InChI is InChI=1S/C44H80O14/c1-3-5-7-8-9-10-11-12-13-14-15-16-17-18-19-20-21-22-23-24-25-26-28-53-30-33(56-36(46)27-6-4-2)31-54-43-42(52)40(50)38(48)35(58-43)32-55-44-41(51)39(49)37(47)34(29-45)57-44/h11-12,14-15,33-35,37-45,47-52H,3-10,13,16-32H2,1-2H3/b12-11-,15-14-. The first-order valence-corrected chi connectivity index (χ1v) is 22.4. The summed E-state index contributed by atoms with van der Waals surface area (Å²) in [7, 11) is 0. The molecule has 2 rings (SSSR count). The van der Waals surface area contributed by atoms with Gasteiger partial charge in [0, 0.05) is 13.0 Å². The highest BCUT2D eigenvalue weighted by atomic mass is 16.7. The van der Waals surface area contributed by atoms with Crippen molar-refractivity contribution in [2.75, 3.05) is 33.0 Å². The minimum absolute atomic E-state index is 0.0571. The average molecular weight is 833 g/mol. The predicted molar refractivity (Wildman–Crippen MR) is 220 cm³/mol. The van der Waals surface area contributed by atoms with E-state index in [-0.39, 0.29) is 19.6 Å². The molecule has 14 nitrogen and oxygen atoms in total. The molecule has 0 aromatic rings. The summed E-state index contributed by atoms with van der Waals surface area (Å²) < 4.78 is 33.7. The number of aliphatic hydroxyl groups excluding tert-OH is 7. The van der Waals surface area contributed by atoms with Gasteiger partial charge >= 0.3 is 5.97 Å². The zero-order valence-corrected chi connectivity index (χ0v) is 35.5. The van der Waals surface area contributed by atoms with Crippen LogP contribution in [0, 0.1) is 0 Å². The van der Waals surface area contributed by atoms with Gasteiger partial charge in [0.25, 0.3) is 0 Å². The predicted octanol–water partition coefficient (Wildman–Crippen LogP) is 4.90. The van der Waals surface area contributed by atoms with Crippen molar-refractivity contribution in [3.63, 3.8) is 0 Å². The molecule has 0 amide bonds. The molecule has 0 aromatic carbocycles. The van der Waals surface area contributed by atoms with E-state index in [2.05, 4.69) is 31.2 Å². The lowest BCUT2D eigenvalue weighted by molar-refractivity contribution is -0.332. The Hall–Kier alpha value is -1.53. The SMILES string of the molecule is CCCCCCC/C=C\C/C=C\CCCCCCCCCCCCOCC(COC1OC(COC2OC(CO)C(O)C(O)C2O)C(O)C(O)C1O)OC(=O)CCCC. The van der Waals surface area contributed by atoms with Gasteiger partial charge in [-0.15, -0.1) is 0 Å². The molecule has 2 fully saturated rings. The number of esters is 1. The van der Waals surface area contributed by atoms with Crippen LogP contribution in [0.5, 0.6) is 0 Å². The number of carbonyl (C=O) groups is 1. The number of aliphatic hydroxyl groups is 7. The highest BCUT2D eigenvalue weighted by Gasteiger charge is 2.47. The molecular formula is C44H80O14. The molecule has 58 heavy (non-hydrogen) atoms. The van der Waals surface area contributed by atoms with E-state index in [1.807, 2.05) is 6.92 Å². The van der Waals surface area contributed by atoms with E-state index in [0.717, 1.165) is 32.1 Å². The summed E-state index contributed by atoms with van der Waals surface area (Å²) in [5.41, 5.74) is 0. The van der Waals surface area contributed by atoms with Gasteiger partial charge in [-0.3, -0.25) is 4.79 Å². The Morgan fingerprint density at radius 3 is 1.64 bits per heavy atom. The number of ether oxygens (including phenoxy) is 6. The van der Waals surface area contributed by atoms with Gasteiger partial charge in [-0.25, -0.2) is 0 Å². The molecule has 0 aliphatic carbocycles. The van der Waals surface area contributed by atoms with Crippen LogP contribution < -0.4 is 0 Å². The quantitative estimate of drug-likeness (QED) is 0.0261. The molecule has 7 N–H and O–H groups in total. The molecule has 2 saturated heterocycles. The van der Waals surface area contributed by atoms with Crippen molar-refractivity contribution in [1.82, 2.24) is 0 Å². The Balaban J connectivity index is 1.62. The number of allylic oxidation sites excluding steroid dienone is 4. The van der Waals surface area contributed by atoms with Gasteiger partial charge in [0.05, 0.1) is 26.4 Å². The van der Waals surface area contributed by atoms with Crippen molar-refractivity contribution in [3.05, 3.63) is 24.3 Å². The molecule has 0 radical (unpaired) electrons. The van der Waals surface area contributed by atoms with Gasteiger partial charge in [0.2, 0.25) is 0 Å². The molecule has 2 heterocycles. The summed E-state index contributed by atoms with van der Waals surface area (Å²) >= 11 is 0. The normalized spacial score (nSPS) is 28.4. The molecule has 11 unspecified atom stereocenters. The lowest BCUT2D eigenvalue weighted by atomic mass is 9.98. The van der Waals surface area contributed by atoms with Crippen molar-refractivity contribution in [1.29, 1.82) is 0 Å². The lowest BCUT2D eigenvalue weighted by Gasteiger charge is -2.42. The maximum absolute atomic E-state index is 12.5. The van der Waals surface area contributed by atoms with Crippen LogP contribution in [0.3, 0.4) is 0 Å². The fourth-order valence-corrected chi connectivity index (χ4v) is 6.94. The van der Waals surface area contributed by atoms with Gasteiger partial charge in [0.1, 0.15) is 54.9 Å². The monoisotopic (exact) mass is 833 g/mol. The Bertz CT molecular complexity index is 1060. The van der Waals surface area contributed by atoms with Crippen LogP contribution in [0.1, 0.15) is 149 Å². The van der Waals surface area contributed by atoms with Crippen molar-refractivity contribution in [2.24, 2.45) is 0 Å². The number of rotatable bonds is 34. The van der Waals surface area contributed by atoms with Gasteiger partial charge in [0.15, 0.2) is 12.6 Å². The Labute approximate surface area is 347 Å². The lowest BCUT2D eigenvalue weighted by Crippen LogP contribution is -2.61. The summed E-state index contributed by atoms with van der Waals surface area (Å²) in [6.07, 6.45) is 16.8. The van der Waals surface area contributed by atoms with E-state index < -0.39 is 86.7 Å². The van der Waals surface area contributed by atoms with Gasteiger partial charge in [-0.05, 0) is 44.9 Å². The van der Waals surface area contributed by atoms with Crippen molar-refractivity contribution in [2.45, 2.75) is 216 Å². The highest BCUT2D eigenvalue weighted by molar-refractivity contribution is 5.69. The molecule has 14 heteroatoms. The second-order valence-corrected chi connectivity index (χ2v) is 15.9. The van der Waals surface area contributed by atoms with Crippen LogP contribution in [0.4, 0.5) is 0 Å². The number of hydrogen-bond acceptors (Lipinski definition) is 14. The second kappa shape index (κ2) is 33.1. The molecule has 0 aromatic heterocycles. The third-order valence-corrected chi connectivity index (χ3v) is 10.7. The van der Waals surface area contributed by atoms with Crippen molar-refractivity contribution in [3.8, 4) is 0 Å². The average Bonchev–Trinajstić information content (AvgIpc) is 3.22. The van der Waals surface area contributed by atoms with Crippen molar-refractivity contribution >= 4 is 5.97 Å². The fourth-order valence-electron chi connectivity index (χ4n) is 6.94. The first-order valence-electron chi connectivity index (χ1n) is 22.4. The first kappa shape index (κ1) is 52.6. The largest absolute Gasteiger partial charge is 0.457 e. The van der Waals surface area contributed by atoms with Crippen molar-refractivity contribution < 1.29 is 69.0 Å². The summed E-state index contributed by atoms with van der Waals surface area (Å²) in [4.78, 5) is 12.5. The summed E-state index contributed by atoms with van der Waals surface area (Å²) in [5, 5.41) is 71.4. The van der Waals surface area contributed by atoms with Gasteiger partial charge < -0.3 is 64.2 Å². The highest BCUT2D eigenvalue weighted by Crippen LogP contribution is 2.26. The Morgan fingerprint density at radius 1 is 0.569 bits per heavy atom. The van der Waals surface area contributed by atoms with E-state index in [0.29, 0.717) is 13.0 Å². The van der Waals surface area contributed by atoms with E-state index in [9.17, 15) is 40.5 Å². The van der Waals surface area contributed by atoms with Crippen LogP contribution >= 0.6 is 0 Å². The topological polar surface area (TPSA) is 214 Å². The van der Waals surface area contributed by atoms with Gasteiger partial charge in [-0.2, -0.15) is 0 Å². The Morgan fingerprint density at radius 2 is 1.07 bits per heavy atom. The molecule has 0 saturated carbocycles. The van der Waals surface area contributed by atoms with Gasteiger partial charge in [-0.1, -0.05) is 122 Å². The molecular weight excluding hydrogens is 752 g/mol. The molecule has 340 valence electrons. The van der Waals surface area contributed by atoms with Crippen LogP contribution in [0.2, 0.25) is 0 Å². The van der Waals surface area contributed by atoms with E-state index in [1.165, 1.54) is 89.9 Å². The third-order valence-electron chi connectivity index (χ3n) is 10.7. The van der Waals surface area contributed by atoms with E-state index in [4.69, 9.17) is 28.4 Å². The minimum Gasteiger partial charge on any atom is -0.457 e. The Kier molecular flexibility index (Phi) is 30.1. The molecule has 0 spiro atoms. The summed E-state index contributed by atoms with van der Waals surface area (Å²) in [6, 6.07) is 0. The van der Waals surface area contributed by atoms with Crippen LogP contribution in [-0.4, -0.2) is 142 Å². The first-order chi connectivity index (χ1) is 28.1. The summed E-state index contributed by atoms with van der Waals surface area (Å²) in [5.74, 6) is -0.413. The van der Waals surface area contributed by atoms with Crippen LogP contribution in [0.15, 0.2) is 24.3 Å². The maximum Gasteiger partial charge on any atom is 0.306 e. The van der Waals surface area contributed by atoms with E-state index in [1.54, 1.807) is 0 Å². The number of hydrogen-bond donors (Lipinski definition) is 7. The smallest absolute Gasteiger partial charge is 0.306 e. The summed E-state index contributed by atoms with van der Waals surface area (Å²) in [6.45, 7) is 3.40.